The van der Waals surface area contributed by atoms with E-state index in [0.29, 0.717) is 0 Å². The minimum atomic E-state index is -0.691. The zero-order valence-electron chi connectivity index (χ0n) is 9.33. The molecule has 2 nitrogen and oxygen atoms in total. The largest absolute Gasteiger partial charge is 0.481 e. The fraction of sp³-hybridized carbons (Fsp3) is 0.750. The average Bonchev–Trinajstić information content (AvgIpc) is 2.12. The SMILES string of the molecule is CCCC/C=C\C(CCC)CC(=O)O. The van der Waals surface area contributed by atoms with Crippen molar-refractivity contribution in [3.8, 4) is 0 Å². The molecule has 2 heteroatoms. The molecule has 0 radical (unpaired) electrons. The number of rotatable bonds is 8. The van der Waals surface area contributed by atoms with Crippen molar-refractivity contribution >= 4 is 5.97 Å². The Morgan fingerprint density at radius 3 is 2.57 bits per heavy atom. The lowest BCUT2D eigenvalue weighted by molar-refractivity contribution is -0.137. The molecular formula is C12H22O2. The summed E-state index contributed by atoms with van der Waals surface area (Å²) in [6.45, 7) is 4.25. The number of allylic oxidation sites excluding steroid dienone is 2. The molecule has 14 heavy (non-hydrogen) atoms. The fourth-order valence-electron chi connectivity index (χ4n) is 1.47. The van der Waals surface area contributed by atoms with Crippen LogP contribution in [0.1, 0.15) is 52.4 Å². The predicted molar refractivity (Wildman–Crippen MR) is 59.3 cm³/mol. The summed E-state index contributed by atoms with van der Waals surface area (Å²) in [4.78, 5) is 10.5. The molecule has 0 aromatic carbocycles. The average molecular weight is 198 g/mol. The van der Waals surface area contributed by atoms with Gasteiger partial charge in [-0.15, -0.1) is 0 Å². The van der Waals surface area contributed by atoms with Crippen molar-refractivity contribution in [3.05, 3.63) is 12.2 Å². The van der Waals surface area contributed by atoms with Crippen LogP contribution in [0.2, 0.25) is 0 Å². The highest BCUT2D eigenvalue weighted by Crippen LogP contribution is 2.13. The van der Waals surface area contributed by atoms with E-state index in [0.717, 1.165) is 19.3 Å². The van der Waals surface area contributed by atoms with Crippen LogP contribution in [0.3, 0.4) is 0 Å². The standard InChI is InChI=1S/C12H22O2/c1-3-5-6-7-9-11(8-4-2)10-12(13)14/h7,9,11H,3-6,8,10H2,1-2H3,(H,13,14)/b9-7-. The summed E-state index contributed by atoms with van der Waals surface area (Å²) in [5.74, 6) is -0.460. The van der Waals surface area contributed by atoms with Gasteiger partial charge in [-0.25, -0.2) is 0 Å². The van der Waals surface area contributed by atoms with Gasteiger partial charge in [0.25, 0.3) is 0 Å². The third kappa shape index (κ3) is 7.84. The van der Waals surface area contributed by atoms with E-state index in [1.807, 2.05) is 0 Å². The van der Waals surface area contributed by atoms with Crippen molar-refractivity contribution < 1.29 is 9.90 Å². The molecule has 0 heterocycles. The lowest BCUT2D eigenvalue weighted by atomic mass is 9.99. The summed E-state index contributed by atoms with van der Waals surface area (Å²) in [5, 5.41) is 8.68. The summed E-state index contributed by atoms with van der Waals surface area (Å²) in [5.41, 5.74) is 0. The number of carbonyl (C=O) groups is 1. The van der Waals surface area contributed by atoms with Crippen LogP contribution in [0, 0.1) is 5.92 Å². The minimum Gasteiger partial charge on any atom is -0.481 e. The number of hydrogen-bond donors (Lipinski definition) is 1. The van der Waals surface area contributed by atoms with Crippen molar-refractivity contribution in [2.75, 3.05) is 0 Å². The number of unbranched alkanes of at least 4 members (excludes halogenated alkanes) is 2. The van der Waals surface area contributed by atoms with Gasteiger partial charge in [0.2, 0.25) is 0 Å². The topological polar surface area (TPSA) is 37.3 Å². The van der Waals surface area contributed by atoms with E-state index in [9.17, 15) is 4.79 Å². The normalized spacial score (nSPS) is 13.3. The maximum Gasteiger partial charge on any atom is 0.303 e. The van der Waals surface area contributed by atoms with Crippen LogP contribution in [-0.4, -0.2) is 11.1 Å². The first-order valence-electron chi connectivity index (χ1n) is 5.59. The Morgan fingerprint density at radius 2 is 2.07 bits per heavy atom. The molecule has 0 amide bonds. The van der Waals surface area contributed by atoms with Gasteiger partial charge < -0.3 is 5.11 Å². The molecule has 0 bridgehead atoms. The molecular weight excluding hydrogens is 176 g/mol. The van der Waals surface area contributed by atoms with E-state index in [1.165, 1.54) is 12.8 Å². The first-order chi connectivity index (χ1) is 6.70. The molecule has 0 aromatic heterocycles. The maximum atomic E-state index is 10.5. The smallest absolute Gasteiger partial charge is 0.303 e. The van der Waals surface area contributed by atoms with E-state index in [-0.39, 0.29) is 12.3 Å². The van der Waals surface area contributed by atoms with Crippen LogP contribution in [0.15, 0.2) is 12.2 Å². The van der Waals surface area contributed by atoms with Crippen LogP contribution in [0.4, 0.5) is 0 Å². The lowest BCUT2D eigenvalue weighted by Crippen LogP contribution is -2.04. The van der Waals surface area contributed by atoms with Gasteiger partial charge in [0.1, 0.15) is 0 Å². The summed E-state index contributed by atoms with van der Waals surface area (Å²) in [6, 6.07) is 0. The Kier molecular flexibility index (Phi) is 8.30. The molecule has 0 aliphatic carbocycles. The predicted octanol–water partition coefficient (Wildman–Crippen LogP) is 3.62. The van der Waals surface area contributed by atoms with E-state index < -0.39 is 5.97 Å². The molecule has 82 valence electrons. The van der Waals surface area contributed by atoms with Gasteiger partial charge in [0.15, 0.2) is 0 Å². The molecule has 1 atom stereocenters. The second kappa shape index (κ2) is 8.79. The van der Waals surface area contributed by atoms with Crippen molar-refractivity contribution in [1.29, 1.82) is 0 Å². The molecule has 0 spiro atoms. The van der Waals surface area contributed by atoms with E-state index in [1.54, 1.807) is 0 Å². The molecule has 0 aromatic rings. The Labute approximate surface area is 87.0 Å². The van der Waals surface area contributed by atoms with E-state index in [2.05, 4.69) is 26.0 Å². The van der Waals surface area contributed by atoms with Gasteiger partial charge in [-0.2, -0.15) is 0 Å². The molecule has 1 unspecified atom stereocenters. The first kappa shape index (κ1) is 13.2. The summed E-state index contributed by atoms with van der Waals surface area (Å²) >= 11 is 0. The van der Waals surface area contributed by atoms with Crippen LogP contribution in [-0.2, 0) is 4.79 Å². The Hall–Kier alpha value is -0.790. The molecule has 1 N–H and O–H groups in total. The highest BCUT2D eigenvalue weighted by atomic mass is 16.4. The van der Waals surface area contributed by atoms with Crippen LogP contribution < -0.4 is 0 Å². The molecule has 0 aliphatic rings. The second-order valence-electron chi connectivity index (χ2n) is 3.72. The van der Waals surface area contributed by atoms with Gasteiger partial charge in [0.05, 0.1) is 6.42 Å². The van der Waals surface area contributed by atoms with Crippen LogP contribution in [0.25, 0.3) is 0 Å². The fourth-order valence-corrected chi connectivity index (χ4v) is 1.47. The quantitative estimate of drug-likeness (QED) is 0.477. The van der Waals surface area contributed by atoms with Crippen LogP contribution in [0.5, 0.6) is 0 Å². The minimum absolute atomic E-state index is 0.231. The highest BCUT2D eigenvalue weighted by Gasteiger charge is 2.07. The van der Waals surface area contributed by atoms with Crippen molar-refractivity contribution in [1.82, 2.24) is 0 Å². The Morgan fingerprint density at radius 1 is 1.36 bits per heavy atom. The highest BCUT2D eigenvalue weighted by molar-refractivity contribution is 5.67. The van der Waals surface area contributed by atoms with Crippen LogP contribution >= 0.6 is 0 Å². The van der Waals surface area contributed by atoms with Gasteiger partial charge in [-0.3, -0.25) is 4.79 Å². The molecule has 0 rings (SSSR count). The third-order valence-corrected chi connectivity index (χ3v) is 2.23. The van der Waals surface area contributed by atoms with Gasteiger partial charge in [-0.05, 0) is 18.8 Å². The van der Waals surface area contributed by atoms with Gasteiger partial charge in [-0.1, -0.05) is 45.3 Å². The molecule has 0 saturated carbocycles. The number of carboxylic acids is 1. The Balaban J connectivity index is 3.82. The first-order valence-corrected chi connectivity index (χ1v) is 5.59. The van der Waals surface area contributed by atoms with E-state index in [4.69, 9.17) is 5.11 Å². The third-order valence-electron chi connectivity index (χ3n) is 2.23. The lowest BCUT2D eigenvalue weighted by Gasteiger charge is -2.07. The van der Waals surface area contributed by atoms with Crippen molar-refractivity contribution in [2.45, 2.75) is 52.4 Å². The van der Waals surface area contributed by atoms with Gasteiger partial charge in [0, 0.05) is 0 Å². The number of aliphatic carboxylic acids is 1. The Bertz CT molecular complexity index is 173. The second-order valence-corrected chi connectivity index (χ2v) is 3.72. The van der Waals surface area contributed by atoms with Crippen molar-refractivity contribution in [2.24, 2.45) is 5.92 Å². The van der Waals surface area contributed by atoms with Gasteiger partial charge >= 0.3 is 5.97 Å². The molecule has 0 aliphatic heterocycles. The van der Waals surface area contributed by atoms with E-state index >= 15 is 0 Å². The summed E-state index contributed by atoms with van der Waals surface area (Å²) < 4.78 is 0. The molecule has 0 saturated heterocycles. The zero-order valence-corrected chi connectivity index (χ0v) is 9.33. The van der Waals surface area contributed by atoms with Crippen molar-refractivity contribution in [3.63, 3.8) is 0 Å². The monoisotopic (exact) mass is 198 g/mol. The summed E-state index contributed by atoms with van der Waals surface area (Å²) in [6.07, 6.45) is 9.99. The number of hydrogen-bond acceptors (Lipinski definition) is 1. The maximum absolute atomic E-state index is 10.5. The molecule has 0 fully saturated rings. The zero-order chi connectivity index (χ0) is 10.8. The number of carboxylic acid groups (broad SMARTS) is 1. The summed E-state index contributed by atoms with van der Waals surface area (Å²) in [7, 11) is 0.